The Bertz CT molecular complexity index is 365. The highest BCUT2D eigenvalue weighted by Crippen LogP contribution is 2.19. The Morgan fingerprint density at radius 2 is 1.71 bits per heavy atom. The Hall–Kier alpha value is -1.23. The van der Waals surface area contributed by atoms with Gasteiger partial charge in [0.25, 0.3) is 0 Å². The summed E-state index contributed by atoms with van der Waals surface area (Å²) in [6.45, 7) is 7.08. The Balaban J connectivity index is 2.55. The van der Waals surface area contributed by atoms with Crippen molar-refractivity contribution in [3.63, 3.8) is 0 Å². The molecule has 0 aromatic heterocycles. The van der Waals surface area contributed by atoms with Crippen LogP contribution in [-0.2, 0) is 0 Å². The molecule has 0 aliphatic rings. The van der Waals surface area contributed by atoms with Gasteiger partial charge in [-0.1, -0.05) is 13.8 Å². The summed E-state index contributed by atoms with van der Waals surface area (Å²) < 4.78 is 38.8. The molecule has 0 fully saturated rings. The van der Waals surface area contributed by atoms with Gasteiger partial charge >= 0.3 is 0 Å². The van der Waals surface area contributed by atoms with Gasteiger partial charge in [-0.2, -0.15) is 0 Å². The summed E-state index contributed by atoms with van der Waals surface area (Å²) in [5, 5.41) is 2.76. The minimum atomic E-state index is -1.43. The second kappa shape index (κ2) is 6.49. The number of benzene rings is 1. The normalized spacial score (nSPS) is 10.9. The van der Waals surface area contributed by atoms with Crippen molar-refractivity contribution in [2.75, 3.05) is 31.5 Å². The van der Waals surface area contributed by atoms with E-state index in [4.69, 9.17) is 0 Å². The molecule has 1 aromatic carbocycles. The van der Waals surface area contributed by atoms with Gasteiger partial charge in [-0.15, -0.1) is 0 Å². The second-order valence-corrected chi connectivity index (χ2v) is 3.68. The average Bonchev–Trinajstić information content (AvgIpc) is 2.34. The van der Waals surface area contributed by atoms with Gasteiger partial charge < -0.3 is 10.2 Å². The maximum atomic E-state index is 13.3. The predicted octanol–water partition coefficient (Wildman–Crippen LogP) is 2.86. The van der Waals surface area contributed by atoms with Gasteiger partial charge in [0.15, 0.2) is 17.5 Å². The highest BCUT2D eigenvalue weighted by atomic mass is 19.2. The molecule has 0 unspecified atom stereocenters. The van der Waals surface area contributed by atoms with Gasteiger partial charge in [0, 0.05) is 13.1 Å². The van der Waals surface area contributed by atoms with Gasteiger partial charge in [0.05, 0.1) is 5.69 Å². The molecule has 0 radical (unpaired) electrons. The van der Waals surface area contributed by atoms with Crippen molar-refractivity contribution in [1.29, 1.82) is 0 Å². The standard InChI is InChI=1S/C12H17F3N2/c1-3-17(4-2)8-7-16-10-6-5-9(13)11(14)12(10)15/h5-6,16H,3-4,7-8H2,1-2H3. The van der Waals surface area contributed by atoms with Gasteiger partial charge in [0.2, 0.25) is 0 Å². The van der Waals surface area contributed by atoms with Crippen LogP contribution in [0, 0.1) is 17.5 Å². The number of hydrogen-bond acceptors (Lipinski definition) is 2. The number of nitrogens with one attached hydrogen (secondary N) is 1. The van der Waals surface area contributed by atoms with Crippen molar-refractivity contribution < 1.29 is 13.2 Å². The molecule has 0 amide bonds. The highest BCUT2D eigenvalue weighted by molar-refractivity contribution is 5.45. The van der Waals surface area contributed by atoms with Crippen molar-refractivity contribution >= 4 is 5.69 Å². The van der Waals surface area contributed by atoms with Crippen LogP contribution in [0.25, 0.3) is 0 Å². The first-order chi connectivity index (χ1) is 8.10. The summed E-state index contributed by atoms with van der Waals surface area (Å²) in [7, 11) is 0. The molecular formula is C12H17F3N2. The van der Waals surface area contributed by atoms with Gasteiger partial charge in [-0.25, -0.2) is 13.2 Å². The topological polar surface area (TPSA) is 15.3 Å². The fourth-order valence-electron chi connectivity index (χ4n) is 1.55. The van der Waals surface area contributed by atoms with E-state index in [2.05, 4.69) is 10.2 Å². The summed E-state index contributed by atoms with van der Waals surface area (Å²) in [4.78, 5) is 2.14. The number of halogens is 3. The van der Waals surface area contributed by atoms with Crippen molar-refractivity contribution in [2.24, 2.45) is 0 Å². The van der Waals surface area contributed by atoms with Gasteiger partial charge in [-0.05, 0) is 25.2 Å². The quantitative estimate of drug-likeness (QED) is 0.776. The molecule has 0 spiro atoms. The Labute approximate surface area is 99.4 Å². The lowest BCUT2D eigenvalue weighted by Crippen LogP contribution is -2.28. The average molecular weight is 246 g/mol. The van der Waals surface area contributed by atoms with Crippen molar-refractivity contribution in [1.82, 2.24) is 4.90 Å². The lowest BCUT2D eigenvalue weighted by molar-refractivity contribution is 0.316. The molecule has 96 valence electrons. The largest absolute Gasteiger partial charge is 0.381 e. The first-order valence-corrected chi connectivity index (χ1v) is 5.69. The van der Waals surface area contributed by atoms with Crippen molar-refractivity contribution in [3.8, 4) is 0 Å². The zero-order chi connectivity index (χ0) is 12.8. The Morgan fingerprint density at radius 3 is 2.29 bits per heavy atom. The van der Waals surface area contributed by atoms with Crippen LogP contribution in [0.4, 0.5) is 18.9 Å². The number of nitrogens with zero attached hydrogens (tertiary/aromatic N) is 1. The van der Waals surface area contributed by atoms with Crippen LogP contribution >= 0.6 is 0 Å². The van der Waals surface area contributed by atoms with Crippen LogP contribution in [0.5, 0.6) is 0 Å². The summed E-state index contributed by atoms with van der Waals surface area (Å²) in [5.41, 5.74) is -0.00365. The molecule has 2 nitrogen and oxygen atoms in total. The van der Waals surface area contributed by atoms with Crippen LogP contribution in [0.2, 0.25) is 0 Å². The van der Waals surface area contributed by atoms with E-state index in [1.807, 2.05) is 13.8 Å². The molecule has 5 heteroatoms. The maximum Gasteiger partial charge on any atom is 0.196 e. The van der Waals surface area contributed by atoms with Crippen molar-refractivity contribution in [2.45, 2.75) is 13.8 Å². The van der Waals surface area contributed by atoms with E-state index in [-0.39, 0.29) is 5.69 Å². The third kappa shape index (κ3) is 3.63. The maximum absolute atomic E-state index is 13.3. The van der Waals surface area contributed by atoms with E-state index in [9.17, 15) is 13.2 Å². The first kappa shape index (κ1) is 13.8. The van der Waals surface area contributed by atoms with Gasteiger partial charge in [-0.3, -0.25) is 0 Å². The first-order valence-electron chi connectivity index (χ1n) is 5.69. The fourth-order valence-corrected chi connectivity index (χ4v) is 1.55. The van der Waals surface area contributed by atoms with Crippen LogP contribution in [0.15, 0.2) is 12.1 Å². The molecule has 0 atom stereocenters. The number of likely N-dealkylation sites (N-methyl/N-ethyl adjacent to an activating group) is 1. The SMILES string of the molecule is CCN(CC)CCNc1ccc(F)c(F)c1F. The minimum absolute atomic E-state index is 0.00365. The van der Waals surface area contributed by atoms with E-state index in [1.165, 1.54) is 6.07 Å². The predicted molar refractivity (Wildman–Crippen MR) is 62.6 cm³/mol. The van der Waals surface area contributed by atoms with Crippen LogP contribution in [0.1, 0.15) is 13.8 Å². The molecule has 0 aliphatic carbocycles. The molecule has 17 heavy (non-hydrogen) atoms. The molecular weight excluding hydrogens is 229 g/mol. The van der Waals surface area contributed by atoms with Crippen molar-refractivity contribution in [3.05, 3.63) is 29.6 Å². The Kier molecular flexibility index (Phi) is 5.28. The third-order valence-corrected chi connectivity index (χ3v) is 2.67. The molecule has 1 rings (SSSR count). The number of anilines is 1. The molecule has 0 bridgehead atoms. The van der Waals surface area contributed by atoms with Gasteiger partial charge in [0.1, 0.15) is 0 Å². The molecule has 0 saturated carbocycles. The third-order valence-electron chi connectivity index (χ3n) is 2.67. The molecule has 1 N–H and O–H groups in total. The van der Waals surface area contributed by atoms with E-state index >= 15 is 0 Å². The number of hydrogen-bond donors (Lipinski definition) is 1. The summed E-state index contributed by atoms with van der Waals surface area (Å²) >= 11 is 0. The zero-order valence-corrected chi connectivity index (χ0v) is 10.1. The monoisotopic (exact) mass is 246 g/mol. The van der Waals surface area contributed by atoms with E-state index in [0.717, 1.165) is 25.7 Å². The lowest BCUT2D eigenvalue weighted by Gasteiger charge is -2.18. The highest BCUT2D eigenvalue weighted by Gasteiger charge is 2.12. The number of rotatable bonds is 6. The minimum Gasteiger partial charge on any atom is -0.381 e. The summed E-state index contributed by atoms with van der Waals surface area (Å²) in [6, 6.07) is 2.12. The smallest absolute Gasteiger partial charge is 0.196 e. The summed E-state index contributed by atoms with van der Waals surface area (Å²) in [6.07, 6.45) is 0. The van der Waals surface area contributed by atoms with E-state index in [1.54, 1.807) is 0 Å². The summed E-state index contributed by atoms with van der Waals surface area (Å²) in [5.74, 6) is -3.76. The zero-order valence-electron chi connectivity index (χ0n) is 10.1. The molecule has 1 aromatic rings. The van der Waals surface area contributed by atoms with E-state index < -0.39 is 17.5 Å². The second-order valence-electron chi connectivity index (χ2n) is 3.68. The Morgan fingerprint density at radius 1 is 1.06 bits per heavy atom. The fraction of sp³-hybridized carbons (Fsp3) is 0.500. The van der Waals surface area contributed by atoms with Crippen LogP contribution in [-0.4, -0.2) is 31.1 Å². The van der Waals surface area contributed by atoms with E-state index in [0.29, 0.717) is 6.54 Å². The van der Waals surface area contributed by atoms with Crippen LogP contribution < -0.4 is 5.32 Å². The lowest BCUT2D eigenvalue weighted by atomic mass is 10.2. The molecule has 0 saturated heterocycles. The molecule has 0 heterocycles. The van der Waals surface area contributed by atoms with Crippen LogP contribution in [0.3, 0.4) is 0 Å². The molecule has 0 aliphatic heterocycles.